The number of carbonyl (C=O) groups is 11. The fraction of sp³-hybridized carbons (Fsp3) is 0.317. The summed E-state index contributed by atoms with van der Waals surface area (Å²) in [6, 6.07) is 1.68. The Morgan fingerprint density at radius 2 is 0.492 bits per heavy atom. The molecule has 60 heteroatoms. The lowest BCUT2D eigenvalue weighted by Gasteiger charge is -2.27. The molecular weight excluding hydrogens is 3750 g/mol. The van der Waals surface area contributed by atoms with E-state index in [4.69, 9.17) is 23.7 Å². The lowest BCUT2D eigenvalue weighted by molar-refractivity contribution is -0.117. The van der Waals surface area contributed by atoms with Crippen LogP contribution in [0.2, 0.25) is 0 Å². The van der Waals surface area contributed by atoms with Gasteiger partial charge in [0.15, 0.2) is 0 Å². The molecule has 5 aromatic rings. The Morgan fingerprint density at radius 3 is 0.742 bits per heavy atom. The van der Waals surface area contributed by atoms with Crippen molar-refractivity contribution < 1.29 is 141 Å². The van der Waals surface area contributed by atoms with Gasteiger partial charge in [0.05, 0.1) is 173 Å². The molecule has 3 N–H and O–H groups in total. The van der Waals surface area contributed by atoms with Crippen LogP contribution in [0, 0.1) is 64.3 Å². The van der Waals surface area contributed by atoms with Crippen molar-refractivity contribution in [2.24, 2.45) is 0 Å². The maximum atomic E-state index is 12.6. The third-order valence-corrected chi connectivity index (χ3v) is 43.0. The van der Waals surface area contributed by atoms with Gasteiger partial charge in [0.2, 0.25) is 35.4 Å². The van der Waals surface area contributed by atoms with Gasteiger partial charge in [-0.15, -0.1) is 0 Å². The minimum absolute atomic E-state index is 0.0439. The number of carbonyl (C=O) groups excluding carboxylic acids is 11. The van der Waals surface area contributed by atoms with Crippen LogP contribution >= 0.6 is 407 Å². The summed E-state index contributed by atoms with van der Waals surface area (Å²) in [5.41, 5.74) is 3.15. The van der Waals surface area contributed by atoms with E-state index >= 15 is 0 Å². The normalized spacial score (nSPS) is 11.2. The molecule has 0 saturated heterocycles. The predicted molar refractivity (Wildman–Crippen MR) is 586 cm³/mol. The Morgan fingerprint density at radius 1 is 0.283 bits per heavy atom. The molecule has 0 aliphatic heterocycles. The molecule has 0 atom stereocenters. The molecule has 0 radical (unpaired) electrons. The fourth-order valence-corrected chi connectivity index (χ4v) is 31.5. The molecule has 0 bridgehead atoms. The summed E-state index contributed by atoms with van der Waals surface area (Å²) in [7, 11) is -17.7. The third-order valence-electron chi connectivity index (χ3n) is 13.4. The van der Waals surface area contributed by atoms with Gasteiger partial charge in [-0.05, 0) is 413 Å². The highest BCUT2D eigenvalue weighted by Gasteiger charge is 2.34. The first-order valence-electron chi connectivity index (χ1n) is 30.6. The number of rotatable bonds is 26. The third kappa shape index (κ3) is 39.5. The molecule has 0 heterocycles. The fourth-order valence-electron chi connectivity index (χ4n) is 7.76. The van der Waals surface area contributed by atoms with E-state index in [9.17, 15) is 118 Å². The van der Waals surface area contributed by atoms with Crippen LogP contribution in [0.4, 0.5) is 34.1 Å². The van der Waals surface area contributed by atoms with E-state index in [1.54, 1.807) is 6.07 Å². The van der Waals surface area contributed by atoms with E-state index in [0.29, 0.717) is 77.4 Å². The first-order valence-corrected chi connectivity index (χ1v) is 57.9. The second-order valence-corrected chi connectivity index (χ2v) is 49.3. The van der Waals surface area contributed by atoms with Gasteiger partial charge in [-0.3, -0.25) is 28.8 Å². The summed E-state index contributed by atoms with van der Waals surface area (Å²) in [6.07, 6.45) is 0. The highest BCUT2D eigenvalue weighted by Crippen LogP contribution is 2.45. The van der Waals surface area contributed by atoms with Crippen LogP contribution < -0.4 is 30.7 Å². The van der Waals surface area contributed by atoms with Gasteiger partial charge in [0.25, 0.3) is 0 Å². The van der Waals surface area contributed by atoms with Crippen LogP contribution in [-0.4, -0.2) is 213 Å². The zero-order valence-electron chi connectivity index (χ0n) is 61.0. The number of halogens is 18. The summed E-state index contributed by atoms with van der Waals surface area (Å²) in [6.45, 7) is 5.27. The lowest BCUT2D eigenvalue weighted by Crippen LogP contribution is -2.30. The van der Waals surface area contributed by atoms with Crippen molar-refractivity contribution in [2.75, 3.05) is 114 Å². The number of nitrogens with zero attached hydrogens (tertiary/aromatic N) is 3. The Balaban J connectivity index is 0.000000756. The van der Waals surface area contributed by atoms with Crippen molar-refractivity contribution >= 4 is 557 Å². The molecule has 0 saturated carbocycles. The highest BCUT2D eigenvalue weighted by atomic mass is 127. The first-order chi connectivity index (χ1) is 54.5. The molecule has 120 heavy (non-hydrogen) atoms. The zero-order valence-corrected chi connectivity index (χ0v) is 104. The van der Waals surface area contributed by atoms with Crippen molar-refractivity contribution in [3.8, 4) is 0 Å². The molecule has 0 spiro atoms. The van der Waals surface area contributed by atoms with E-state index in [2.05, 4.69) is 197 Å². The lowest BCUT2D eigenvalue weighted by atomic mass is 10.1. The number of amides is 6. The Kier molecular flexibility index (Phi) is 54.9. The molecule has 668 valence electrons. The summed E-state index contributed by atoms with van der Waals surface area (Å²) in [5.74, 6) is -9.84. The molecule has 0 aromatic heterocycles. The largest absolute Gasteiger partial charge is 0.748 e. The molecule has 5 rings (SSSR count). The monoisotopic (exact) mass is 3800 g/mol. The minimum Gasteiger partial charge on any atom is -0.748 e. The van der Waals surface area contributed by atoms with Crippen LogP contribution in [0.3, 0.4) is 0 Å². The van der Waals surface area contributed by atoms with Gasteiger partial charge in [-0.1, -0.05) is 0 Å². The van der Waals surface area contributed by atoms with Gasteiger partial charge in [-0.25, -0.2) is 66.1 Å². The summed E-state index contributed by atoms with van der Waals surface area (Å²) >= 11 is 36.1. The molecule has 0 aliphatic carbocycles. The van der Waals surface area contributed by atoms with Gasteiger partial charge < -0.3 is 77.1 Å². The number of hydrogen-bond acceptors (Lipinski definition) is 31. The van der Waals surface area contributed by atoms with Gasteiger partial charge in [0.1, 0.15) is 33.0 Å². The number of anilines is 6. The SMILES string of the molecule is CC(=O)N(C)c1c(I)c(C(=O)OCCS(=O)(=O)[O-])c(I)c(N(C)C(C)=O)c1I.CC(=O)Nc1c(I)c(C(=O)OCCS(=O)(=O)[O-])c(I)c(N(C)C(C)=O)c1I.CC(=O)Nc1c(I)c(NC(C)=O)c(I)c(C(=O)OCCS(=O)(=O)[O-])c1I.O=C(OCCS(=O)(=O)[O-])c1c(I)c(I)c(I)c(I)c1I.O=C(OCCS(=O)(=O)[O-])c1cc(I)c(I)c(I)c1I. The topological polar surface area (TPSA) is 566 Å². The van der Waals surface area contributed by atoms with Crippen molar-refractivity contribution in [1.29, 1.82) is 0 Å². The summed E-state index contributed by atoms with van der Waals surface area (Å²) in [4.78, 5) is 136. The Hall–Kier alpha value is 2.96. The van der Waals surface area contributed by atoms with Crippen molar-refractivity contribution in [3.63, 3.8) is 0 Å². The Bertz CT molecular complexity index is 5410. The summed E-state index contributed by atoms with van der Waals surface area (Å²) in [5, 5.41) is 7.82. The molecule has 6 amide bonds. The number of benzene rings is 5. The quantitative estimate of drug-likeness (QED) is 0.0116. The van der Waals surface area contributed by atoms with Crippen LogP contribution in [0.1, 0.15) is 93.3 Å². The number of hydrogen-bond donors (Lipinski definition) is 3. The number of ether oxygens (including phenoxy) is 5. The Labute approximate surface area is 933 Å². The number of esters is 5. The van der Waals surface area contributed by atoms with Crippen molar-refractivity contribution in [2.45, 2.75) is 41.5 Å². The molecule has 37 nitrogen and oxygen atoms in total. The standard InChI is InChI=1S/C15H17I3N2O7S.C14H15I3N2O7S.C13H13I3N2O7S.C9H5I5O5S.C9H6I4O5S/c1-7(21)19(3)13-10(16)9(15(23)27-5-6-28(24,25)26)11(17)14(12(13)18)20(4)8(2)22;1-6(20)18-12-9(15)8(14(22)26-4-5-27(23,24)25)10(16)13(11(12)17)19(3)7(2)21;1-5(19)17-11-8(14)7(13(21)25-3-4-26(22,23)24)9(15)12(10(11)16)18-6(2)20;10-4-3(5(11)7(13)8(14)6(4)12)9(15)19-1-2-20(16,17)18;10-5-3-4(6(11)8(13)7(5)12)9(14)18-1-2-19(15,16)17/h5-6H2,1-4H3,(H,24,25,26);4-5H2,1-3H3,(H,18,20)(H,23,24,25);3-4H2,1-2H3,(H,17,19)(H,18,20)(H,22,23,24);1-2H2,(H,16,17,18);3H,1-2H2,(H,15,16,17)/p-5. The van der Waals surface area contributed by atoms with Crippen LogP contribution in [0.5, 0.6) is 0 Å². The van der Waals surface area contributed by atoms with Crippen LogP contribution in [-0.2, 0) is 103 Å². The maximum Gasteiger partial charge on any atom is 0.340 e. The summed E-state index contributed by atoms with van der Waals surface area (Å²) < 4.78 is 195. The second kappa shape index (κ2) is 54.5. The van der Waals surface area contributed by atoms with Crippen molar-refractivity contribution in [3.05, 3.63) is 98.1 Å². The molecule has 5 aromatic carbocycles. The highest BCUT2D eigenvalue weighted by molar-refractivity contribution is 14.1. The van der Waals surface area contributed by atoms with E-state index < -0.39 is 142 Å². The van der Waals surface area contributed by atoms with Crippen LogP contribution in [0.25, 0.3) is 0 Å². The molecule has 0 fully saturated rings. The maximum absolute atomic E-state index is 12.6. The van der Waals surface area contributed by atoms with Gasteiger partial charge in [-0.2, -0.15) is 0 Å². The molecular formula is C60H51I18N6O31S5-5. The smallest absolute Gasteiger partial charge is 0.340 e. The molecule has 0 aliphatic rings. The second-order valence-electron chi connectivity index (χ2n) is 22.2. The van der Waals surface area contributed by atoms with E-state index in [1.165, 1.54) is 77.4 Å². The zero-order chi connectivity index (χ0) is 93.8. The van der Waals surface area contributed by atoms with Crippen LogP contribution in [0.15, 0.2) is 6.07 Å². The predicted octanol–water partition coefficient (Wildman–Crippen LogP) is 12.6. The van der Waals surface area contributed by atoms with Gasteiger partial charge >= 0.3 is 29.8 Å². The van der Waals surface area contributed by atoms with E-state index in [-0.39, 0.29) is 52.1 Å². The van der Waals surface area contributed by atoms with E-state index in [0.717, 1.165) is 32.1 Å². The number of nitrogens with one attached hydrogen (secondary N) is 3. The average molecular weight is 3800 g/mol. The van der Waals surface area contributed by atoms with Gasteiger partial charge in [0, 0.05) is 94.8 Å². The van der Waals surface area contributed by atoms with Crippen molar-refractivity contribution in [1.82, 2.24) is 0 Å². The minimum atomic E-state index is -4.53. The first kappa shape index (κ1) is 121. The molecule has 0 unspecified atom stereocenters. The average Bonchev–Trinajstić information content (AvgIpc) is 0.769. The van der Waals surface area contributed by atoms with E-state index in [1.807, 2.05) is 226 Å².